The van der Waals surface area contributed by atoms with E-state index in [2.05, 4.69) is 15.8 Å². The molecule has 5 heteroatoms. The molecule has 1 aliphatic rings. The Bertz CT molecular complexity index is 709. The number of allylic oxidation sites excluding steroid dienone is 1. The second-order valence-corrected chi connectivity index (χ2v) is 4.53. The zero-order chi connectivity index (χ0) is 15.8. The third-order valence-corrected chi connectivity index (χ3v) is 2.80. The van der Waals surface area contributed by atoms with E-state index in [0.29, 0.717) is 5.69 Å². The Morgan fingerprint density at radius 2 is 1.86 bits per heavy atom. The van der Waals surface area contributed by atoms with Crippen molar-refractivity contribution < 1.29 is 9.90 Å². The van der Waals surface area contributed by atoms with Crippen LogP contribution in [0.4, 0.5) is 11.4 Å². The fourth-order valence-electron chi connectivity index (χ4n) is 1.81. The van der Waals surface area contributed by atoms with E-state index in [1.54, 1.807) is 24.4 Å². The lowest BCUT2D eigenvalue weighted by molar-refractivity contribution is -0.114. The topological polar surface area (TPSA) is 73.7 Å². The SMILES string of the molecule is C1=Cc2ccccc2NN=C1.CC(=O)Nc1ccccc1O. The summed E-state index contributed by atoms with van der Waals surface area (Å²) in [5, 5.41) is 15.6. The van der Waals surface area contributed by atoms with Gasteiger partial charge in [-0.15, -0.1) is 0 Å². The van der Waals surface area contributed by atoms with Gasteiger partial charge in [0.25, 0.3) is 0 Å². The lowest BCUT2D eigenvalue weighted by Crippen LogP contribution is -2.05. The molecule has 1 heterocycles. The highest BCUT2D eigenvalue weighted by Crippen LogP contribution is 2.21. The van der Waals surface area contributed by atoms with Crippen molar-refractivity contribution in [3.05, 3.63) is 60.2 Å². The smallest absolute Gasteiger partial charge is 0.221 e. The number of hydrogen-bond donors (Lipinski definition) is 3. The predicted molar refractivity (Wildman–Crippen MR) is 90.0 cm³/mol. The summed E-state index contributed by atoms with van der Waals surface area (Å²) in [7, 11) is 0. The maximum Gasteiger partial charge on any atom is 0.221 e. The van der Waals surface area contributed by atoms with E-state index < -0.39 is 0 Å². The van der Waals surface area contributed by atoms with Crippen molar-refractivity contribution in [3.8, 4) is 5.75 Å². The quantitative estimate of drug-likeness (QED) is 0.705. The van der Waals surface area contributed by atoms with Crippen molar-refractivity contribution in [1.29, 1.82) is 0 Å². The van der Waals surface area contributed by atoms with Crippen LogP contribution in [0.2, 0.25) is 0 Å². The fraction of sp³-hybridized carbons (Fsp3) is 0.0588. The van der Waals surface area contributed by atoms with Crippen molar-refractivity contribution >= 4 is 29.6 Å². The van der Waals surface area contributed by atoms with Gasteiger partial charge in [0, 0.05) is 13.1 Å². The van der Waals surface area contributed by atoms with E-state index in [4.69, 9.17) is 5.11 Å². The first-order valence-electron chi connectivity index (χ1n) is 6.77. The summed E-state index contributed by atoms with van der Waals surface area (Å²) in [4.78, 5) is 10.5. The Morgan fingerprint density at radius 3 is 2.64 bits per heavy atom. The molecule has 0 unspecified atom stereocenters. The molecule has 0 spiro atoms. The van der Waals surface area contributed by atoms with Crippen LogP contribution in [-0.2, 0) is 4.79 Å². The monoisotopic (exact) mass is 295 g/mol. The number of amides is 1. The minimum atomic E-state index is -0.188. The van der Waals surface area contributed by atoms with Gasteiger partial charge in [-0.3, -0.25) is 10.2 Å². The second-order valence-electron chi connectivity index (χ2n) is 4.53. The number of hydrazone groups is 1. The summed E-state index contributed by atoms with van der Waals surface area (Å²) in [5.41, 5.74) is 5.60. The Morgan fingerprint density at radius 1 is 1.14 bits per heavy atom. The summed E-state index contributed by atoms with van der Waals surface area (Å²) in [6.45, 7) is 1.40. The van der Waals surface area contributed by atoms with Gasteiger partial charge in [-0.05, 0) is 29.8 Å². The normalized spacial score (nSPS) is 11.3. The molecule has 0 bridgehead atoms. The highest BCUT2D eigenvalue weighted by atomic mass is 16.3. The molecule has 2 aromatic carbocycles. The number of hydrogen-bond acceptors (Lipinski definition) is 4. The van der Waals surface area contributed by atoms with Crippen LogP contribution >= 0.6 is 0 Å². The van der Waals surface area contributed by atoms with E-state index in [1.165, 1.54) is 18.6 Å². The average Bonchev–Trinajstić information content (AvgIpc) is 2.75. The van der Waals surface area contributed by atoms with Crippen LogP contribution in [0.5, 0.6) is 5.75 Å². The fourth-order valence-corrected chi connectivity index (χ4v) is 1.81. The number of carbonyl (C=O) groups is 1. The molecule has 0 radical (unpaired) electrons. The van der Waals surface area contributed by atoms with Crippen molar-refractivity contribution in [2.75, 3.05) is 10.7 Å². The average molecular weight is 295 g/mol. The molecular weight excluding hydrogens is 278 g/mol. The highest BCUT2D eigenvalue weighted by Gasteiger charge is 1.99. The molecule has 5 nitrogen and oxygen atoms in total. The van der Waals surface area contributed by atoms with Crippen molar-refractivity contribution in [3.63, 3.8) is 0 Å². The van der Waals surface area contributed by atoms with Crippen LogP contribution in [0.25, 0.3) is 6.08 Å². The van der Waals surface area contributed by atoms with Gasteiger partial charge < -0.3 is 10.4 Å². The van der Waals surface area contributed by atoms with Crippen molar-refractivity contribution in [2.24, 2.45) is 5.10 Å². The number of fused-ring (bicyclic) bond motifs is 1. The van der Waals surface area contributed by atoms with Gasteiger partial charge in [-0.1, -0.05) is 36.4 Å². The van der Waals surface area contributed by atoms with E-state index in [0.717, 1.165) is 5.69 Å². The van der Waals surface area contributed by atoms with E-state index in [-0.39, 0.29) is 11.7 Å². The van der Waals surface area contributed by atoms with Crippen molar-refractivity contribution in [2.45, 2.75) is 6.92 Å². The molecule has 1 amide bonds. The first-order valence-corrected chi connectivity index (χ1v) is 6.77. The third-order valence-electron chi connectivity index (χ3n) is 2.80. The number of aromatic hydroxyl groups is 1. The number of benzene rings is 2. The molecular formula is C17H17N3O2. The van der Waals surface area contributed by atoms with Crippen LogP contribution in [0.15, 0.2) is 59.7 Å². The molecule has 0 fully saturated rings. The molecule has 2 aromatic rings. The summed E-state index contributed by atoms with van der Waals surface area (Å²) in [5.74, 6) is -0.103. The van der Waals surface area contributed by atoms with Gasteiger partial charge >= 0.3 is 0 Å². The molecule has 22 heavy (non-hydrogen) atoms. The molecule has 1 aliphatic heterocycles. The molecule has 0 atom stereocenters. The lowest BCUT2D eigenvalue weighted by Gasteiger charge is -2.02. The number of nitrogens with one attached hydrogen (secondary N) is 2. The number of carbonyl (C=O) groups excluding carboxylic acids is 1. The number of anilines is 2. The number of phenols is 1. The second kappa shape index (κ2) is 7.64. The largest absolute Gasteiger partial charge is 0.506 e. The standard InChI is InChI=1S/C9H8N2.C8H9NO2/c1-2-6-9-8(4-1)5-3-7-10-11-9;1-6(10)9-7-4-2-3-5-8(7)11/h1-7,11H;2-5,11H,1H3,(H,9,10). The maximum atomic E-state index is 10.5. The summed E-state index contributed by atoms with van der Waals surface area (Å²) in [6.07, 6.45) is 5.68. The van der Waals surface area contributed by atoms with E-state index in [1.807, 2.05) is 36.4 Å². The van der Waals surface area contributed by atoms with Crippen LogP contribution in [0.1, 0.15) is 12.5 Å². The van der Waals surface area contributed by atoms with Gasteiger partial charge in [-0.2, -0.15) is 5.10 Å². The molecule has 0 saturated carbocycles. The van der Waals surface area contributed by atoms with Gasteiger partial charge in [0.2, 0.25) is 5.91 Å². The first-order chi connectivity index (χ1) is 10.7. The molecule has 112 valence electrons. The van der Waals surface area contributed by atoms with E-state index in [9.17, 15) is 4.79 Å². The Balaban J connectivity index is 0.000000160. The molecule has 0 aromatic heterocycles. The van der Waals surface area contributed by atoms with Gasteiger partial charge in [0.15, 0.2) is 0 Å². The molecule has 3 rings (SSSR count). The molecule has 3 N–H and O–H groups in total. The van der Waals surface area contributed by atoms with E-state index >= 15 is 0 Å². The number of para-hydroxylation sites is 3. The number of rotatable bonds is 1. The summed E-state index contributed by atoms with van der Waals surface area (Å²) >= 11 is 0. The number of phenolic OH excluding ortho intramolecular Hbond substituents is 1. The van der Waals surface area contributed by atoms with Gasteiger partial charge in [-0.25, -0.2) is 0 Å². The Labute approximate surface area is 129 Å². The molecule has 0 aliphatic carbocycles. The van der Waals surface area contributed by atoms with Crippen LogP contribution in [-0.4, -0.2) is 17.2 Å². The van der Waals surface area contributed by atoms with Crippen LogP contribution < -0.4 is 10.7 Å². The minimum Gasteiger partial charge on any atom is -0.506 e. The Hall–Kier alpha value is -3.08. The predicted octanol–water partition coefficient (Wildman–Crippen LogP) is 3.46. The maximum absolute atomic E-state index is 10.5. The van der Waals surface area contributed by atoms with Crippen LogP contribution in [0.3, 0.4) is 0 Å². The zero-order valence-corrected chi connectivity index (χ0v) is 12.2. The van der Waals surface area contributed by atoms with Crippen LogP contribution in [0, 0.1) is 0 Å². The Kier molecular flexibility index (Phi) is 5.31. The van der Waals surface area contributed by atoms with Gasteiger partial charge in [0.05, 0.1) is 11.4 Å². The molecule has 0 saturated heterocycles. The minimum absolute atomic E-state index is 0.0858. The third kappa shape index (κ3) is 4.49. The van der Waals surface area contributed by atoms with Gasteiger partial charge in [0.1, 0.15) is 5.75 Å². The first kappa shape index (κ1) is 15.3. The lowest BCUT2D eigenvalue weighted by atomic mass is 10.2. The summed E-state index contributed by atoms with van der Waals surface area (Å²) in [6, 6.07) is 14.6. The zero-order valence-electron chi connectivity index (χ0n) is 12.2. The highest BCUT2D eigenvalue weighted by molar-refractivity contribution is 5.90. The van der Waals surface area contributed by atoms with Crippen molar-refractivity contribution in [1.82, 2.24) is 0 Å². The number of nitrogens with zero attached hydrogens (tertiary/aromatic N) is 1. The summed E-state index contributed by atoms with van der Waals surface area (Å²) < 4.78 is 0.